The highest BCUT2D eigenvalue weighted by atomic mass is 16.5. The van der Waals surface area contributed by atoms with Gasteiger partial charge in [-0.05, 0) is 56.1 Å². The van der Waals surface area contributed by atoms with Crippen LogP contribution in [0.5, 0.6) is 5.75 Å². The van der Waals surface area contributed by atoms with Crippen molar-refractivity contribution in [2.75, 3.05) is 6.61 Å². The fraction of sp³-hybridized carbons (Fsp3) is 0.611. The highest BCUT2D eigenvalue weighted by Gasteiger charge is 2.29. The summed E-state index contributed by atoms with van der Waals surface area (Å²) < 4.78 is 5.79. The molecular weight excluding hydrogens is 248 g/mol. The number of fused-ring (bicyclic) bond motifs is 1. The Balaban J connectivity index is 1.78. The predicted molar refractivity (Wildman–Crippen MR) is 80.3 cm³/mol. The van der Waals surface area contributed by atoms with Crippen LogP contribution in [0.15, 0.2) is 18.2 Å². The van der Waals surface area contributed by atoms with Crippen LogP contribution >= 0.6 is 0 Å². The number of Topliss-reactive ketones (excluding diaryl/α,β-unsaturated/α-hetero) is 1. The second kappa shape index (κ2) is 5.99. The number of carbonyl (C=O) groups is 1. The first-order valence-electron chi connectivity index (χ1n) is 8.08. The number of carbonyl (C=O) groups excluding carboxylic acids is 1. The van der Waals surface area contributed by atoms with E-state index in [2.05, 4.69) is 13.0 Å². The molecule has 1 aromatic carbocycles. The van der Waals surface area contributed by atoms with Crippen molar-refractivity contribution in [1.29, 1.82) is 0 Å². The fourth-order valence-electron chi connectivity index (χ4n) is 3.64. The smallest absolute Gasteiger partial charge is 0.169 e. The molecular formula is C18H24O2. The summed E-state index contributed by atoms with van der Waals surface area (Å²) in [5.74, 6) is 2.24. The Bertz CT molecular complexity index is 484. The zero-order valence-corrected chi connectivity index (χ0v) is 12.4. The van der Waals surface area contributed by atoms with E-state index in [1.54, 1.807) is 0 Å². The Hall–Kier alpha value is -1.31. The van der Waals surface area contributed by atoms with Crippen LogP contribution in [0.3, 0.4) is 0 Å². The maximum Gasteiger partial charge on any atom is 0.169 e. The second-order valence-corrected chi connectivity index (χ2v) is 6.24. The van der Waals surface area contributed by atoms with E-state index in [-0.39, 0.29) is 5.92 Å². The molecule has 3 rings (SSSR count). The number of hydrogen-bond donors (Lipinski definition) is 0. The van der Waals surface area contributed by atoms with E-state index in [1.165, 1.54) is 24.8 Å². The number of hydrogen-bond acceptors (Lipinski definition) is 2. The molecule has 108 valence electrons. The fourth-order valence-corrected chi connectivity index (χ4v) is 3.64. The van der Waals surface area contributed by atoms with Crippen LogP contribution in [-0.4, -0.2) is 12.4 Å². The standard InChI is InChI=1S/C18H24O2/c1-2-13-8-10-14(11-9-13)17(19)16-7-3-5-15-6-4-12-20-18(15)16/h3,5,7,13-14H,2,4,6,8-12H2,1H3. The van der Waals surface area contributed by atoms with E-state index in [9.17, 15) is 4.79 Å². The molecule has 0 saturated heterocycles. The van der Waals surface area contributed by atoms with Gasteiger partial charge in [0.1, 0.15) is 5.75 Å². The molecule has 0 radical (unpaired) electrons. The van der Waals surface area contributed by atoms with Gasteiger partial charge in [-0.25, -0.2) is 0 Å². The maximum atomic E-state index is 12.8. The van der Waals surface area contributed by atoms with E-state index in [1.807, 2.05) is 12.1 Å². The Morgan fingerprint density at radius 2 is 2.05 bits per heavy atom. The molecule has 0 spiro atoms. The van der Waals surface area contributed by atoms with Gasteiger partial charge in [-0.2, -0.15) is 0 Å². The molecule has 1 aromatic rings. The predicted octanol–water partition coefficient (Wildman–Crippen LogP) is 4.41. The zero-order chi connectivity index (χ0) is 13.9. The first kappa shape index (κ1) is 13.7. The summed E-state index contributed by atoms with van der Waals surface area (Å²) in [6.07, 6.45) is 7.89. The lowest BCUT2D eigenvalue weighted by Crippen LogP contribution is -2.23. The van der Waals surface area contributed by atoms with Gasteiger partial charge in [0.2, 0.25) is 0 Å². The van der Waals surface area contributed by atoms with Crippen molar-refractivity contribution in [2.45, 2.75) is 51.9 Å². The number of aryl methyl sites for hydroxylation is 1. The summed E-state index contributed by atoms with van der Waals surface area (Å²) in [6.45, 7) is 3.01. The van der Waals surface area contributed by atoms with Crippen molar-refractivity contribution in [3.63, 3.8) is 0 Å². The van der Waals surface area contributed by atoms with Crippen LogP contribution in [0.2, 0.25) is 0 Å². The molecule has 1 fully saturated rings. The molecule has 0 atom stereocenters. The molecule has 1 heterocycles. The zero-order valence-electron chi connectivity index (χ0n) is 12.4. The summed E-state index contributed by atoms with van der Waals surface area (Å²) in [5, 5.41) is 0. The third-order valence-electron chi connectivity index (χ3n) is 4.99. The van der Waals surface area contributed by atoms with Crippen molar-refractivity contribution < 1.29 is 9.53 Å². The van der Waals surface area contributed by atoms with Gasteiger partial charge in [0.15, 0.2) is 5.78 Å². The normalized spacial score (nSPS) is 25.6. The third-order valence-corrected chi connectivity index (χ3v) is 4.99. The van der Waals surface area contributed by atoms with Gasteiger partial charge in [-0.15, -0.1) is 0 Å². The summed E-state index contributed by atoms with van der Waals surface area (Å²) in [7, 11) is 0. The van der Waals surface area contributed by atoms with E-state index < -0.39 is 0 Å². The minimum absolute atomic E-state index is 0.217. The van der Waals surface area contributed by atoms with Crippen LogP contribution in [0.1, 0.15) is 61.4 Å². The van der Waals surface area contributed by atoms with Crippen molar-refractivity contribution in [2.24, 2.45) is 11.8 Å². The van der Waals surface area contributed by atoms with E-state index in [0.29, 0.717) is 5.78 Å². The molecule has 0 N–H and O–H groups in total. The number of benzene rings is 1. The number of para-hydroxylation sites is 1. The summed E-state index contributed by atoms with van der Waals surface area (Å²) in [6, 6.07) is 6.07. The first-order valence-corrected chi connectivity index (χ1v) is 8.08. The van der Waals surface area contributed by atoms with Crippen LogP contribution in [-0.2, 0) is 6.42 Å². The lowest BCUT2D eigenvalue weighted by Gasteiger charge is -2.28. The molecule has 1 saturated carbocycles. The van der Waals surface area contributed by atoms with Gasteiger partial charge >= 0.3 is 0 Å². The number of ether oxygens (including phenoxy) is 1. The first-order chi connectivity index (χ1) is 9.79. The van der Waals surface area contributed by atoms with Gasteiger partial charge in [0.05, 0.1) is 12.2 Å². The van der Waals surface area contributed by atoms with E-state index in [4.69, 9.17) is 4.74 Å². The minimum Gasteiger partial charge on any atom is -0.493 e. The maximum absolute atomic E-state index is 12.8. The average Bonchev–Trinajstić information content (AvgIpc) is 2.54. The average molecular weight is 272 g/mol. The largest absolute Gasteiger partial charge is 0.493 e. The van der Waals surface area contributed by atoms with E-state index in [0.717, 1.165) is 49.5 Å². The highest BCUT2D eigenvalue weighted by molar-refractivity contribution is 6.00. The Kier molecular flexibility index (Phi) is 4.09. The van der Waals surface area contributed by atoms with E-state index >= 15 is 0 Å². The van der Waals surface area contributed by atoms with Gasteiger partial charge in [0, 0.05) is 5.92 Å². The van der Waals surface area contributed by atoms with Gasteiger partial charge in [-0.3, -0.25) is 4.79 Å². The molecule has 1 aliphatic carbocycles. The second-order valence-electron chi connectivity index (χ2n) is 6.24. The van der Waals surface area contributed by atoms with Gasteiger partial charge < -0.3 is 4.74 Å². The summed E-state index contributed by atoms with van der Waals surface area (Å²) in [5.41, 5.74) is 2.05. The highest BCUT2D eigenvalue weighted by Crippen LogP contribution is 2.36. The molecule has 20 heavy (non-hydrogen) atoms. The molecule has 0 unspecified atom stereocenters. The van der Waals surface area contributed by atoms with Gasteiger partial charge in [0.25, 0.3) is 0 Å². The lowest BCUT2D eigenvalue weighted by atomic mass is 9.77. The molecule has 0 amide bonds. The van der Waals surface area contributed by atoms with Crippen LogP contribution in [0.4, 0.5) is 0 Å². The lowest BCUT2D eigenvalue weighted by molar-refractivity contribution is 0.0866. The van der Waals surface area contributed by atoms with Crippen LogP contribution in [0.25, 0.3) is 0 Å². The molecule has 1 aliphatic heterocycles. The van der Waals surface area contributed by atoms with Crippen LogP contribution < -0.4 is 4.74 Å². The molecule has 0 bridgehead atoms. The quantitative estimate of drug-likeness (QED) is 0.762. The minimum atomic E-state index is 0.217. The topological polar surface area (TPSA) is 26.3 Å². The number of ketones is 1. The van der Waals surface area contributed by atoms with Crippen LogP contribution in [0, 0.1) is 11.8 Å². The van der Waals surface area contributed by atoms with Crippen molar-refractivity contribution in [1.82, 2.24) is 0 Å². The molecule has 2 nitrogen and oxygen atoms in total. The third kappa shape index (κ3) is 2.61. The number of rotatable bonds is 3. The molecule has 0 aromatic heterocycles. The Morgan fingerprint density at radius 3 is 2.80 bits per heavy atom. The summed E-state index contributed by atoms with van der Waals surface area (Å²) in [4.78, 5) is 12.8. The van der Waals surface area contributed by atoms with Crippen molar-refractivity contribution in [3.05, 3.63) is 29.3 Å². The van der Waals surface area contributed by atoms with Crippen molar-refractivity contribution >= 4 is 5.78 Å². The SMILES string of the molecule is CCC1CCC(C(=O)c2cccc3c2OCCC3)CC1. The molecule has 2 aliphatic rings. The molecule has 2 heteroatoms. The Labute approximate surface area is 121 Å². The summed E-state index contributed by atoms with van der Waals surface area (Å²) >= 11 is 0. The van der Waals surface area contributed by atoms with Crippen molar-refractivity contribution in [3.8, 4) is 5.75 Å². The monoisotopic (exact) mass is 272 g/mol. The van der Waals surface area contributed by atoms with Gasteiger partial charge in [-0.1, -0.05) is 25.5 Å². The Morgan fingerprint density at radius 1 is 1.25 bits per heavy atom.